The van der Waals surface area contributed by atoms with Crippen LogP contribution >= 0.6 is 9.24 Å². The minimum absolute atomic E-state index is 0.261. The molecule has 0 rings (SSSR count). The monoisotopic (exact) mass is 149 g/mol. The molecule has 0 saturated carbocycles. The molecule has 0 aromatic rings. The van der Waals surface area contributed by atoms with Gasteiger partial charge in [0, 0.05) is 13.7 Å². The SMILES string of the molecule is CCCNCC(P)OC. The first kappa shape index (κ1) is 9.35. The molecule has 0 amide bonds. The van der Waals surface area contributed by atoms with Crippen LogP contribution in [0.25, 0.3) is 0 Å². The van der Waals surface area contributed by atoms with Gasteiger partial charge in [-0.05, 0) is 13.0 Å². The van der Waals surface area contributed by atoms with E-state index < -0.39 is 0 Å². The lowest BCUT2D eigenvalue weighted by atomic mass is 10.5. The zero-order chi connectivity index (χ0) is 7.11. The van der Waals surface area contributed by atoms with E-state index >= 15 is 0 Å². The van der Waals surface area contributed by atoms with Crippen LogP contribution in [-0.4, -0.2) is 26.0 Å². The molecule has 0 aliphatic rings. The molecule has 0 aliphatic carbocycles. The molecule has 0 aromatic carbocycles. The van der Waals surface area contributed by atoms with E-state index in [1.807, 2.05) is 0 Å². The van der Waals surface area contributed by atoms with Crippen LogP contribution in [-0.2, 0) is 4.74 Å². The molecule has 0 saturated heterocycles. The summed E-state index contributed by atoms with van der Waals surface area (Å²) in [5.74, 6) is 0.261. The zero-order valence-electron chi connectivity index (χ0n) is 6.18. The smallest absolute Gasteiger partial charge is 0.0828 e. The van der Waals surface area contributed by atoms with Crippen LogP contribution in [0.5, 0.6) is 0 Å². The van der Waals surface area contributed by atoms with E-state index in [2.05, 4.69) is 21.5 Å². The molecule has 0 bridgehead atoms. The number of methoxy groups -OCH3 is 1. The van der Waals surface area contributed by atoms with Gasteiger partial charge in [0.05, 0.1) is 5.85 Å². The Morgan fingerprint density at radius 3 is 2.78 bits per heavy atom. The van der Waals surface area contributed by atoms with Gasteiger partial charge in [-0.15, -0.1) is 9.24 Å². The fraction of sp³-hybridized carbons (Fsp3) is 1.00. The Kier molecular flexibility index (Phi) is 6.72. The Morgan fingerprint density at radius 1 is 1.67 bits per heavy atom. The van der Waals surface area contributed by atoms with Crippen molar-refractivity contribution in [2.75, 3.05) is 20.2 Å². The topological polar surface area (TPSA) is 21.3 Å². The predicted octanol–water partition coefficient (Wildman–Crippen LogP) is 0.834. The van der Waals surface area contributed by atoms with Crippen molar-refractivity contribution >= 4 is 9.24 Å². The Morgan fingerprint density at radius 2 is 2.33 bits per heavy atom. The van der Waals surface area contributed by atoms with E-state index in [0.29, 0.717) is 0 Å². The minimum atomic E-state index is 0.261. The van der Waals surface area contributed by atoms with Gasteiger partial charge in [0.25, 0.3) is 0 Å². The number of hydrogen-bond donors (Lipinski definition) is 1. The van der Waals surface area contributed by atoms with E-state index in [0.717, 1.165) is 13.1 Å². The summed E-state index contributed by atoms with van der Waals surface area (Å²) in [5, 5.41) is 3.24. The highest BCUT2D eigenvalue weighted by Gasteiger charge is 1.94. The van der Waals surface area contributed by atoms with Crippen molar-refractivity contribution in [1.29, 1.82) is 0 Å². The lowest BCUT2D eigenvalue weighted by Gasteiger charge is -2.08. The van der Waals surface area contributed by atoms with Gasteiger partial charge in [-0.3, -0.25) is 0 Å². The number of ether oxygens (including phenoxy) is 1. The molecule has 0 radical (unpaired) electrons. The maximum Gasteiger partial charge on any atom is 0.0828 e. The molecule has 3 heteroatoms. The van der Waals surface area contributed by atoms with E-state index in [1.54, 1.807) is 7.11 Å². The van der Waals surface area contributed by atoms with Gasteiger partial charge in [0.15, 0.2) is 0 Å². The van der Waals surface area contributed by atoms with E-state index in [4.69, 9.17) is 4.74 Å². The Bertz CT molecular complexity index is 61.0. The van der Waals surface area contributed by atoms with Crippen molar-refractivity contribution in [3.05, 3.63) is 0 Å². The van der Waals surface area contributed by atoms with Crippen LogP contribution in [0.2, 0.25) is 0 Å². The van der Waals surface area contributed by atoms with Crippen molar-refractivity contribution < 1.29 is 4.74 Å². The van der Waals surface area contributed by atoms with Crippen LogP contribution < -0.4 is 5.32 Å². The highest BCUT2D eigenvalue weighted by molar-refractivity contribution is 7.17. The summed E-state index contributed by atoms with van der Waals surface area (Å²) in [6, 6.07) is 0. The molecule has 2 unspecified atom stereocenters. The highest BCUT2D eigenvalue weighted by atomic mass is 31.0. The average molecular weight is 149 g/mol. The van der Waals surface area contributed by atoms with Crippen LogP contribution in [0.1, 0.15) is 13.3 Å². The predicted molar refractivity (Wildman–Crippen MR) is 43.7 cm³/mol. The van der Waals surface area contributed by atoms with Crippen molar-refractivity contribution in [1.82, 2.24) is 5.32 Å². The van der Waals surface area contributed by atoms with E-state index in [1.165, 1.54) is 6.42 Å². The lowest BCUT2D eigenvalue weighted by Crippen LogP contribution is -2.24. The first-order valence-corrected chi connectivity index (χ1v) is 3.97. The molecular formula is C6H16NOP. The Balaban J connectivity index is 2.88. The minimum Gasteiger partial charge on any atom is -0.376 e. The van der Waals surface area contributed by atoms with Crippen LogP contribution in [0.15, 0.2) is 0 Å². The maximum atomic E-state index is 5.00. The second-order valence-corrected chi connectivity index (χ2v) is 2.72. The van der Waals surface area contributed by atoms with Crippen LogP contribution in [0.3, 0.4) is 0 Å². The summed E-state index contributed by atoms with van der Waals surface area (Å²) >= 11 is 0. The number of hydrogen-bond acceptors (Lipinski definition) is 2. The van der Waals surface area contributed by atoms with Gasteiger partial charge in [-0.1, -0.05) is 6.92 Å². The molecule has 0 fully saturated rings. The highest BCUT2D eigenvalue weighted by Crippen LogP contribution is 1.96. The fourth-order valence-electron chi connectivity index (χ4n) is 0.504. The van der Waals surface area contributed by atoms with Gasteiger partial charge in [0.1, 0.15) is 0 Å². The normalized spacial score (nSPS) is 13.7. The molecule has 0 aliphatic heterocycles. The summed E-state index contributed by atoms with van der Waals surface area (Å²) in [6.07, 6.45) is 1.18. The summed E-state index contributed by atoms with van der Waals surface area (Å²) in [5.41, 5.74) is 0. The molecule has 56 valence electrons. The summed E-state index contributed by atoms with van der Waals surface area (Å²) < 4.78 is 5.00. The second kappa shape index (κ2) is 6.47. The van der Waals surface area contributed by atoms with Crippen molar-refractivity contribution in [3.63, 3.8) is 0 Å². The molecule has 0 heterocycles. The largest absolute Gasteiger partial charge is 0.376 e. The Hall–Kier alpha value is 0.350. The van der Waals surface area contributed by atoms with Gasteiger partial charge in [-0.25, -0.2) is 0 Å². The molecular weight excluding hydrogens is 133 g/mol. The van der Waals surface area contributed by atoms with Gasteiger partial charge in [0.2, 0.25) is 0 Å². The van der Waals surface area contributed by atoms with Crippen LogP contribution in [0.4, 0.5) is 0 Å². The average Bonchev–Trinajstić information content (AvgIpc) is 1.89. The molecule has 0 spiro atoms. The van der Waals surface area contributed by atoms with Gasteiger partial charge in [-0.2, -0.15) is 0 Å². The molecule has 0 aromatic heterocycles. The first-order valence-electron chi connectivity index (χ1n) is 3.30. The molecule has 9 heavy (non-hydrogen) atoms. The van der Waals surface area contributed by atoms with Crippen molar-refractivity contribution in [2.24, 2.45) is 0 Å². The maximum absolute atomic E-state index is 5.00. The molecule has 2 atom stereocenters. The third kappa shape index (κ3) is 6.23. The standard InChI is InChI=1S/C6H16NOP/c1-3-4-7-5-6(9)8-2/h6-7H,3-5,9H2,1-2H3. The summed E-state index contributed by atoms with van der Waals surface area (Å²) in [4.78, 5) is 0. The third-order valence-electron chi connectivity index (χ3n) is 1.08. The van der Waals surface area contributed by atoms with Crippen molar-refractivity contribution in [3.8, 4) is 0 Å². The third-order valence-corrected chi connectivity index (χ3v) is 1.58. The molecule has 1 N–H and O–H groups in total. The first-order chi connectivity index (χ1) is 4.31. The zero-order valence-corrected chi connectivity index (χ0v) is 7.34. The Labute approximate surface area is 59.6 Å². The summed E-state index contributed by atoms with van der Waals surface area (Å²) in [6.45, 7) is 4.15. The van der Waals surface area contributed by atoms with Gasteiger partial charge >= 0.3 is 0 Å². The van der Waals surface area contributed by atoms with E-state index in [9.17, 15) is 0 Å². The van der Waals surface area contributed by atoms with E-state index in [-0.39, 0.29) is 5.85 Å². The lowest BCUT2D eigenvalue weighted by molar-refractivity contribution is 0.170. The quantitative estimate of drug-likeness (QED) is 0.462. The van der Waals surface area contributed by atoms with Gasteiger partial charge < -0.3 is 10.1 Å². The van der Waals surface area contributed by atoms with Crippen molar-refractivity contribution in [2.45, 2.75) is 19.2 Å². The molecule has 2 nitrogen and oxygen atoms in total. The fourth-order valence-corrected chi connectivity index (χ4v) is 0.671. The second-order valence-electron chi connectivity index (χ2n) is 1.98. The summed E-state index contributed by atoms with van der Waals surface area (Å²) in [7, 11) is 4.33. The van der Waals surface area contributed by atoms with Crippen LogP contribution in [0, 0.1) is 0 Å². The number of nitrogens with one attached hydrogen (secondary N) is 1. The number of rotatable bonds is 5.